The van der Waals surface area contributed by atoms with Crippen LogP contribution in [-0.2, 0) is 4.74 Å². The summed E-state index contributed by atoms with van der Waals surface area (Å²) < 4.78 is 5.05. The molecule has 1 nitrogen and oxygen atoms in total. The van der Waals surface area contributed by atoms with Gasteiger partial charge in [0.2, 0.25) is 0 Å². The first-order valence-corrected chi connectivity index (χ1v) is 5.44. The van der Waals surface area contributed by atoms with E-state index < -0.39 is 0 Å². The van der Waals surface area contributed by atoms with Crippen LogP contribution in [0.1, 0.15) is 40.5 Å². The molecular weight excluding hydrogens is 172 g/mol. The Labute approximate surface area is 88.9 Å². The summed E-state index contributed by atoms with van der Waals surface area (Å²) in [5.41, 5.74) is 2.80. The molecule has 0 unspecified atom stereocenters. The van der Waals surface area contributed by atoms with E-state index in [1.165, 1.54) is 17.6 Å². The van der Waals surface area contributed by atoms with Gasteiger partial charge in [-0.2, -0.15) is 0 Å². The van der Waals surface area contributed by atoms with Crippen LogP contribution < -0.4 is 0 Å². The molecule has 0 heterocycles. The predicted octanol–water partition coefficient (Wildman–Crippen LogP) is 3.96. The number of methoxy groups -OCH3 is 1. The Balaban J connectivity index is 4.22. The third-order valence-corrected chi connectivity index (χ3v) is 2.10. The second kappa shape index (κ2) is 7.81. The molecule has 0 aromatic heterocycles. The van der Waals surface area contributed by atoms with Crippen molar-refractivity contribution in [3.8, 4) is 0 Å². The smallest absolute Gasteiger partial charge is 0.0673 e. The lowest BCUT2D eigenvalue weighted by Crippen LogP contribution is -1.92. The quantitative estimate of drug-likeness (QED) is 0.584. The van der Waals surface area contributed by atoms with Crippen molar-refractivity contribution in [3.63, 3.8) is 0 Å². The van der Waals surface area contributed by atoms with Crippen molar-refractivity contribution in [2.24, 2.45) is 5.92 Å². The van der Waals surface area contributed by atoms with E-state index in [1.54, 1.807) is 7.11 Å². The molecule has 0 N–H and O–H groups in total. The van der Waals surface area contributed by atoms with E-state index in [9.17, 15) is 0 Å². The highest BCUT2D eigenvalue weighted by Gasteiger charge is 1.97. The highest BCUT2D eigenvalue weighted by atomic mass is 16.5. The maximum atomic E-state index is 5.05. The maximum Gasteiger partial charge on any atom is 0.0673 e. The zero-order valence-electron chi connectivity index (χ0n) is 10.3. The van der Waals surface area contributed by atoms with Crippen LogP contribution >= 0.6 is 0 Å². The monoisotopic (exact) mass is 196 g/mol. The lowest BCUT2D eigenvalue weighted by Gasteiger charge is -2.06. The first kappa shape index (κ1) is 13.4. The first-order valence-electron chi connectivity index (χ1n) is 5.44. The molecule has 0 saturated heterocycles. The Kier molecular flexibility index (Phi) is 7.50. The van der Waals surface area contributed by atoms with Gasteiger partial charge >= 0.3 is 0 Å². The summed E-state index contributed by atoms with van der Waals surface area (Å²) in [5, 5.41) is 0. The summed E-state index contributed by atoms with van der Waals surface area (Å²) in [5.74, 6) is 0.748. The van der Waals surface area contributed by atoms with Gasteiger partial charge in [-0.25, -0.2) is 0 Å². The fraction of sp³-hybridized carbons (Fsp3) is 0.692. The summed E-state index contributed by atoms with van der Waals surface area (Å²) in [6, 6.07) is 0. The zero-order chi connectivity index (χ0) is 11.0. The van der Waals surface area contributed by atoms with Crippen LogP contribution in [0.3, 0.4) is 0 Å². The van der Waals surface area contributed by atoms with Gasteiger partial charge in [-0.3, -0.25) is 0 Å². The standard InChI is InChI=1S/C13H24O/c1-6-13(9-11(2)3)8-7-12(4)10-14-5/h7-8,11H,6,9-10H2,1-5H3/b12-7+,13-8+. The molecule has 0 atom stereocenters. The molecule has 0 aliphatic rings. The Hall–Kier alpha value is -0.560. The van der Waals surface area contributed by atoms with Crippen LogP contribution in [0.4, 0.5) is 0 Å². The molecule has 0 amide bonds. The molecular formula is C13H24O. The van der Waals surface area contributed by atoms with Crippen molar-refractivity contribution in [1.82, 2.24) is 0 Å². The minimum Gasteiger partial charge on any atom is -0.380 e. The third-order valence-electron chi connectivity index (χ3n) is 2.10. The fourth-order valence-electron chi connectivity index (χ4n) is 1.39. The molecule has 0 fully saturated rings. The molecule has 1 heteroatoms. The van der Waals surface area contributed by atoms with Gasteiger partial charge in [-0.15, -0.1) is 0 Å². The molecule has 0 aliphatic heterocycles. The van der Waals surface area contributed by atoms with E-state index in [2.05, 4.69) is 39.8 Å². The molecule has 0 saturated carbocycles. The SMILES string of the molecule is CC/C(=C\C=C(/C)COC)CC(C)C. The van der Waals surface area contributed by atoms with Gasteiger partial charge in [0.05, 0.1) is 6.61 Å². The minimum absolute atomic E-state index is 0.731. The third kappa shape index (κ3) is 6.90. The Morgan fingerprint density at radius 2 is 1.93 bits per heavy atom. The van der Waals surface area contributed by atoms with Crippen LogP contribution in [0, 0.1) is 5.92 Å². The predicted molar refractivity (Wildman–Crippen MR) is 63.5 cm³/mol. The summed E-state index contributed by atoms with van der Waals surface area (Å²) in [6.45, 7) is 9.57. The van der Waals surface area contributed by atoms with Crippen LogP contribution in [0.15, 0.2) is 23.3 Å². The molecule has 0 spiro atoms. The number of hydrogen-bond acceptors (Lipinski definition) is 1. The normalized spacial score (nSPS) is 13.9. The molecule has 0 aromatic carbocycles. The summed E-state index contributed by atoms with van der Waals surface area (Å²) >= 11 is 0. The summed E-state index contributed by atoms with van der Waals surface area (Å²) in [7, 11) is 1.73. The van der Waals surface area contributed by atoms with Crippen molar-refractivity contribution >= 4 is 0 Å². The van der Waals surface area contributed by atoms with E-state index in [4.69, 9.17) is 4.74 Å². The van der Waals surface area contributed by atoms with Gasteiger partial charge in [0.25, 0.3) is 0 Å². The molecule has 0 radical (unpaired) electrons. The minimum atomic E-state index is 0.731. The van der Waals surface area contributed by atoms with Crippen LogP contribution in [0.2, 0.25) is 0 Å². The van der Waals surface area contributed by atoms with Crippen molar-refractivity contribution < 1.29 is 4.74 Å². The molecule has 14 heavy (non-hydrogen) atoms. The fourth-order valence-corrected chi connectivity index (χ4v) is 1.39. The lowest BCUT2D eigenvalue weighted by atomic mass is 10.0. The van der Waals surface area contributed by atoms with E-state index in [1.807, 2.05) is 0 Å². The van der Waals surface area contributed by atoms with E-state index in [0.29, 0.717) is 0 Å². The average molecular weight is 196 g/mol. The second-order valence-electron chi connectivity index (χ2n) is 4.22. The van der Waals surface area contributed by atoms with Crippen molar-refractivity contribution in [2.75, 3.05) is 13.7 Å². The molecule has 82 valence electrons. The summed E-state index contributed by atoms with van der Waals surface area (Å²) in [4.78, 5) is 0. The van der Waals surface area contributed by atoms with Gasteiger partial charge in [-0.05, 0) is 31.3 Å². The molecule has 0 aromatic rings. The van der Waals surface area contributed by atoms with Gasteiger partial charge in [0.1, 0.15) is 0 Å². The van der Waals surface area contributed by atoms with Crippen molar-refractivity contribution in [1.29, 1.82) is 0 Å². The number of hydrogen-bond donors (Lipinski definition) is 0. The van der Waals surface area contributed by atoms with E-state index in [-0.39, 0.29) is 0 Å². The molecule has 0 rings (SSSR count). The van der Waals surface area contributed by atoms with E-state index >= 15 is 0 Å². The Bertz CT molecular complexity index is 199. The highest BCUT2D eigenvalue weighted by molar-refractivity contribution is 5.17. The Morgan fingerprint density at radius 3 is 2.36 bits per heavy atom. The number of ether oxygens (including phenoxy) is 1. The second-order valence-corrected chi connectivity index (χ2v) is 4.22. The van der Waals surface area contributed by atoms with Gasteiger partial charge in [0.15, 0.2) is 0 Å². The topological polar surface area (TPSA) is 9.23 Å². The number of allylic oxidation sites excluding steroid dienone is 3. The largest absolute Gasteiger partial charge is 0.380 e. The zero-order valence-corrected chi connectivity index (χ0v) is 10.3. The molecule has 0 bridgehead atoms. The maximum absolute atomic E-state index is 5.05. The van der Waals surface area contributed by atoms with Gasteiger partial charge < -0.3 is 4.74 Å². The highest BCUT2D eigenvalue weighted by Crippen LogP contribution is 2.14. The number of rotatable bonds is 6. The van der Waals surface area contributed by atoms with Crippen LogP contribution in [-0.4, -0.2) is 13.7 Å². The van der Waals surface area contributed by atoms with Crippen LogP contribution in [0.25, 0.3) is 0 Å². The van der Waals surface area contributed by atoms with Crippen molar-refractivity contribution in [3.05, 3.63) is 23.3 Å². The van der Waals surface area contributed by atoms with Gasteiger partial charge in [0, 0.05) is 7.11 Å². The summed E-state index contributed by atoms with van der Waals surface area (Å²) in [6.07, 6.45) is 6.77. The van der Waals surface area contributed by atoms with E-state index in [0.717, 1.165) is 18.9 Å². The average Bonchev–Trinajstić information content (AvgIpc) is 2.12. The van der Waals surface area contributed by atoms with Gasteiger partial charge in [-0.1, -0.05) is 38.5 Å². The first-order chi connectivity index (χ1) is 6.60. The lowest BCUT2D eigenvalue weighted by molar-refractivity contribution is 0.226. The molecule has 0 aliphatic carbocycles. The van der Waals surface area contributed by atoms with Crippen LogP contribution in [0.5, 0.6) is 0 Å². The Morgan fingerprint density at radius 1 is 1.29 bits per heavy atom. The van der Waals surface area contributed by atoms with Crippen molar-refractivity contribution in [2.45, 2.75) is 40.5 Å².